The van der Waals surface area contributed by atoms with E-state index in [-0.39, 0.29) is 12.2 Å². The molecule has 4 aromatic rings. The van der Waals surface area contributed by atoms with Crippen molar-refractivity contribution in [2.45, 2.75) is 12.8 Å². The lowest BCUT2D eigenvalue weighted by atomic mass is 10.0. The molecule has 0 amide bonds. The summed E-state index contributed by atoms with van der Waals surface area (Å²) >= 11 is 0. The smallest absolute Gasteiger partial charge is 0.416 e. The molecule has 0 bridgehead atoms. The number of nitrogens with zero attached hydrogens (tertiary/aromatic N) is 2. The van der Waals surface area contributed by atoms with Gasteiger partial charge >= 0.3 is 12.1 Å². The van der Waals surface area contributed by atoms with Crippen LogP contribution in [0.4, 0.5) is 13.2 Å². The minimum absolute atomic E-state index is 0.0500. The molecule has 0 aliphatic heterocycles. The van der Waals surface area contributed by atoms with Gasteiger partial charge < -0.3 is 14.4 Å². The SMILES string of the molecule is N#Cc1cn(-c2ccc(C(=O)O)cc2)cc1-c1ccccc1OCc1ccc(C(F)(F)F)cc1. The van der Waals surface area contributed by atoms with Crippen molar-refractivity contribution in [2.75, 3.05) is 0 Å². The van der Waals surface area contributed by atoms with Crippen LogP contribution in [0.15, 0.2) is 85.2 Å². The fourth-order valence-corrected chi connectivity index (χ4v) is 3.45. The van der Waals surface area contributed by atoms with E-state index in [4.69, 9.17) is 9.84 Å². The highest BCUT2D eigenvalue weighted by Gasteiger charge is 2.29. The molecule has 0 saturated carbocycles. The molecule has 1 aromatic heterocycles. The van der Waals surface area contributed by atoms with Crippen molar-refractivity contribution in [3.63, 3.8) is 0 Å². The van der Waals surface area contributed by atoms with Crippen LogP contribution in [0.25, 0.3) is 16.8 Å². The molecular weight excluding hydrogens is 445 g/mol. The van der Waals surface area contributed by atoms with Gasteiger partial charge in [-0.3, -0.25) is 0 Å². The number of halogens is 3. The van der Waals surface area contributed by atoms with E-state index in [9.17, 15) is 23.2 Å². The lowest BCUT2D eigenvalue weighted by Gasteiger charge is -2.12. The Balaban J connectivity index is 1.61. The third-order valence-corrected chi connectivity index (χ3v) is 5.21. The summed E-state index contributed by atoms with van der Waals surface area (Å²) < 4.78 is 45.9. The van der Waals surface area contributed by atoms with E-state index in [1.54, 1.807) is 53.4 Å². The van der Waals surface area contributed by atoms with Gasteiger partial charge in [0.2, 0.25) is 0 Å². The Bertz CT molecular complexity index is 1370. The molecule has 4 rings (SSSR count). The first-order valence-corrected chi connectivity index (χ1v) is 10.1. The number of ether oxygens (including phenoxy) is 1. The third kappa shape index (κ3) is 4.79. The fourth-order valence-electron chi connectivity index (χ4n) is 3.45. The van der Waals surface area contributed by atoms with Crippen molar-refractivity contribution >= 4 is 5.97 Å². The Labute approximate surface area is 192 Å². The summed E-state index contributed by atoms with van der Waals surface area (Å²) in [6.45, 7) is 0.0500. The Kier molecular flexibility index (Phi) is 6.11. The molecule has 1 N–H and O–H groups in total. The van der Waals surface area contributed by atoms with E-state index in [1.807, 2.05) is 0 Å². The number of aromatic nitrogens is 1. The van der Waals surface area contributed by atoms with Crippen LogP contribution in [0.5, 0.6) is 5.75 Å². The molecule has 1 heterocycles. The maximum absolute atomic E-state index is 12.8. The zero-order chi connectivity index (χ0) is 24.3. The molecule has 3 aromatic carbocycles. The number of carbonyl (C=O) groups is 1. The maximum atomic E-state index is 12.8. The summed E-state index contributed by atoms with van der Waals surface area (Å²) in [5, 5.41) is 18.8. The number of carboxylic acid groups (broad SMARTS) is 1. The second-order valence-corrected chi connectivity index (χ2v) is 7.44. The molecule has 0 fully saturated rings. The van der Waals surface area contributed by atoms with Crippen LogP contribution < -0.4 is 4.74 Å². The summed E-state index contributed by atoms with van der Waals surface area (Å²) in [4.78, 5) is 11.1. The van der Waals surface area contributed by atoms with Crippen LogP contribution in [0.2, 0.25) is 0 Å². The van der Waals surface area contributed by atoms with Crippen molar-refractivity contribution in [1.29, 1.82) is 5.26 Å². The predicted molar refractivity (Wildman–Crippen MR) is 119 cm³/mol. The van der Waals surface area contributed by atoms with Gasteiger partial charge in [0.1, 0.15) is 18.4 Å². The molecule has 0 atom stereocenters. The van der Waals surface area contributed by atoms with Gasteiger partial charge in [-0.05, 0) is 48.0 Å². The third-order valence-electron chi connectivity index (χ3n) is 5.21. The van der Waals surface area contributed by atoms with Crippen molar-refractivity contribution in [2.24, 2.45) is 0 Å². The molecule has 0 aliphatic carbocycles. The highest BCUT2D eigenvalue weighted by Crippen LogP contribution is 2.34. The first-order valence-electron chi connectivity index (χ1n) is 10.1. The minimum atomic E-state index is -4.40. The van der Waals surface area contributed by atoms with Crippen molar-refractivity contribution in [1.82, 2.24) is 4.57 Å². The van der Waals surface area contributed by atoms with E-state index in [0.29, 0.717) is 33.7 Å². The Morgan fingerprint density at radius 2 is 1.62 bits per heavy atom. The molecule has 0 unspecified atom stereocenters. The van der Waals surface area contributed by atoms with Gasteiger partial charge in [0.05, 0.1) is 16.7 Å². The summed E-state index contributed by atoms with van der Waals surface area (Å²) in [6.07, 6.45) is -1.02. The van der Waals surface area contributed by atoms with E-state index in [2.05, 4.69) is 6.07 Å². The highest BCUT2D eigenvalue weighted by atomic mass is 19.4. The number of carboxylic acids is 1. The second kappa shape index (κ2) is 9.16. The Morgan fingerprint density at radius 1 is 0.941 bits per heavy atom. The zero-order valence-corrected chi connectivity index (χ0v) is 17.6. The maximum Gasteiger partial charge on any atom is 0.416 e. The summed E-state index contributed by atoms with van der Waals surface area (Å²) in [6, 6.07) is 20.2. The van der Waals surface area contributed by atoms with Gasteiger partial charge in [-0.15, -0.1) is 0 Å². The minimum Gasteiger partial charge on any atom is -0.488 e. The summed E-state index contributed by atoms with van der Waals surface area (Å²) in [5.41, 5.74) is 2.30. The number of hydrogen-bond acceptors (Lipinski definition) is 3. The van der Waals surface area contributed by atoms with Gasteiger partial charge in [0, 0.05) is 29.2 Å². The lowest BCUT2D eigenvalue weighted by molar-refractivity contribution is -0.137. The Morgan fingerprint density at radius 3 is 2.24 bits per heavy atom. The number of aromatic carboxylic acids is 1. The largest absolute Gasteiger partial charge is 0.488 e. The number of rotatable bonds is 6. The monoisotopic (exact) mass is 462 g/mol. The van der Waals surface area contributed by atoms with Gasteiger partial charge in [0.25, 0.3) is 0 Å². The predicted octanol–water partition coefficient (Wildman–Crippen LogP) is 6.31. The number of alkyl halides is 3. The van der Waals surface area contributed by atoms with E-state index in [1.165, 1.54) is 24.3 Å². The summed E-state index contributed by atoms with van der Waals surface area (Å²) in [7, 11) is 0. The Hall–Kier alpha value is -4.51. The molecule has 8 heteroatoms. The highest BCUT2D eigenvalue weighted by molar-refractivity contribution is 5.87. The fraction of sp³-hybridized carbons (Fsp3) is 0.0769. The van der Waals surface area contributed by atoms with Crippen LogP contribution in [-0.4, -0.2) is 15.6 Å². The number of hydrogen-bond donors (Lipinski definition) is 1. The van der Waals surface area contributed by atoms with Crippen molar-refractivity contribution < 1.29 is 27.8 Å². The summed E-state index contributed by atoms with van der Waals surface area (Å²) in [5.74, 6) is -0.561. The first-order chi connectivity index (χ1) is 16.3. The molecule has 34 heavy (non-hydrogen) atoms. The molecule has 0 saturated heterocycles. The average molecular weight is 462 g/mol. The quantitative estimate of drug-likeness (QED) is 0.364. The molecule has 5 nitrogen and oxygen atoms in total. The molecule has 0 spiro atoms. The standard InChI is InChI=1S/C26H17F3N2O3/c27-26(28,29)20-9-5-17(6-10-20)16-34-24-4-2-1-3-22(24)23-15-31(14-19(23)13-30)21-11-7-18(8-12-21)25(32)33/h1-12,14-15H,16H2,(H,32,33). The number of nitriles is 1. The van der Waals surface area contributed by atoms with Crippen LogP contribution >= 0.6 is 0 Å². The van der Waals surface area contributed by atoms with E-state index in [0.717, 1.165) is 12.1 Å². The molecule has 170 valence electrons. The number of benzene rings is 3. The topological polar surface area (TPSA) is 75.2 Å². The van der Waals surface area contributed by atoms with Crippen LogP contribution in [0.1, 0.15) is 27.0 Å². The normalized spacial score (nSPS) is 11.1. The van der Waals surface area contributed by atoms with Gasteiger partial charge in [-0.25, -0.2) is 4.79 Å². The van der Waals surface area contributed by atoms with Gasteiger partial charge in [-0.1, -0.05) is 30.3 Å². The molecular formula is C26H17F3N2O3. The molecule has 0 aliphatic rings. The van der Waals surface area contributed by atoms with Gasteiger partial charge in [0.15, 0.2) is 0 Å². The molecule has 0 radical (unpaired) electrons. The second-order valence-electron chi connectivity index (χ2n) is 7.44. The van der Waals surface area contributed by atoms with Gasteiger partial charge in [-0.2, -0.15) is 18.4 Å². The van der Waals surface area contributed by atoms with E-state index >= 15 is 0 Å². The number of para-hydroxylation sites is 1. The average Bonchev–Trinajstić information content (AvgIpc) is 3.27. The van der Waals surface area contributed by atoms with E-state index < -0.39 is 17.7 Å². The van der Waals surface area contributed by atoms with Crippen molar-refractivity contribution in [3.05, 3.63) is 107 Å². The van der Waals surface area contributed by atoms with Crippen LogP contribution in [0, 0.1) is 11.3 Å². The lowest BCUT2D eigenvalue weighted by Crippen LogP contribution is -2.05. The first kappa shape index (κ1) is 22.7. The van der Waals surface area contributed by atoms with Crippen molar-refractivity contribution in [3.8, 4) is 28.6 Å². The van der Waals surface area contributed by atoms with Crippen LogP contribution in [-0.2, 0) is 12.8 Å². The van der Waals surface area contributed by atoms with Crippen LogP contribution in [0.3, 0.4) is 0 Å². The zero-order valence-electron chi connectivity index (χ0n) is 17.6.